The van der Waals surface area contributed by atoms with Crippen molar-refractivity contribution in [3.8, 4) is 5.75 Å². The van der Waals surface area contributed by atoms with Crippen LogP contribution in [0, 0.1) is 0 Å². The number of piperidine rings is 1. The molecule has 1 aromatic carbocycles. The van der Waals surface area contributed by atoms with E-state index in [-0.39, 0.29) is 18.6 Å². The van der Waals surface area contributed by atoms with E-state index in [0.29, 0.717) is 6.61 Å². The zero-order valence-electron chi connectivity index (χ0n) is 12.8. The van der Waals surface area contributed by atoms with Gasteiger partial charge in [-0.2, -0.15) is 0 Å². The number of carbonyl (C=O) groups is 1. The second-order valence-corrected chi connectivity index (χ2v) is 5.19. The lowest BCUT2D eigenvalue weighted by Crippen LogP contribution is -2.48. The Bertz CT molecular complexity index is 465. The molecule has 1 heterocycles. The van der Waals surface area contributed by atoms with Gasteiger partial charge in [0.2, 0.25) is 5.91 Å². The first-order valence-electron chi connectivity index (χ1n) is 7.49. The molecule has 0 spiro atoms. The van der Waals surface area contributed by atoms with E-state index in [4.69, 9.17) is 9.47 Å². The summed E-state index contributed by atoms with van der Waals surface area (Å²) in [6.45, 7) is 4.43. The lowest BCUT2D eigenvalue weighted by atomic mass is 10.0. The molecule has 21 heavy (non-hydrogen) atoms. The zero-order valence-corrected chi connectivity index (χ0v) is 12.8. The topological polar surface area (TPSA) is 50.8 Å². The highest BCUT2D eigenvalue weighted by molar-refractivity contribution is 5.77. The second-order valence-electron chi connectivity index (χ2n) is 5.19. The monoisotopic (exact) mass is 292 g/mol. The summed E-state index contributed by atoms with van der Waals surface area (Å²) in [5, 5.41) is 3.05. The highest BCUT2D eigenvalue weighted by Gasteiger charge is 2.21. The van der Waals surface area contributed by atoms with Crippen LogP contribution >= 0.6 is 0 Å². The van der Waals surface area contributed by atoms with Gasteiger partial charge in [-0.3, -0.25) is 4.79 Å². The standard InChI is InChI=1S/C16H24N2O3/c1-3-21-12-16(19)17-13-6-5-9-18(11-13)14-7-4-8-15(10-14)20-2/h4,7-8,10,13H,3,5-6,9,11-12H2,1-2H3,(H,17,19). The molecule has 1 aliphatic heterocycles. The SMILES string of the molecule is CCOCC(=O)NC1CCCN(c2cccc(OC)c2)C1. The molecular formula is C16H24N2O3. The van der Waals surface area contributed by atoms with Crippen LogP contribution in [0.3, 0.4) is 0 Å². The Morgan fingerprint density at radius 3 is 3.10 bits per heavy atom. The molecule has 1 aromatic rings. The van der Waals surface area contributed by atoms with Crippen molar-refractivity contribution in [3.63, 3.8) is 0 Å². The Labute approximate surface area is 126 Å². The summed E-state index contributed by atoms with van der Waals surface area (Å²) in [5.41, 5.74) is 1.14. The van der Waals surface area contributed by atoms with Gasteiger partial charge in [-0.25, -0.2) is 0 Å². The Balaban J connectivity index is 1.92. The van der Waals surface area contributed by atoms with Crippen LogP contribution in [0.1, 0.15) is 19.8 Å². The third-order valence-electron chi connectivity index (χ3n) is 3.64. The smallest absolute Gasteiger partial charge is 0.246 e. The number of hydrogen-bond donors (Lipinski definition) is 1. The van der Waals surface area contributed by atoms with Crippen LogP contribution in [0.2, 0.25) is 0 Å². The number of carbonyl (C=O) groups excluding carboxylic acids is 1. The lowest BCUT2D eigenvalue weighted by molar-refractivity contribution is -0.126. The van der Waals surface area contributed by atoms with Gasteiger partial charge in [0.05, 0.1) is 7.11 Å². The van der Waals surface area contributed by atoms with E-state index in [2.05, 4.69) is 16.3 Å². The predicted molar refractivity (Wildman–Crippen MR) is 82.9 cm³/mol. The highest BCUT2D eigenvalue weighted by Crippen LogP contribution is 2.24. The van der Waals surface area contributed by atoms with E-state index in [1.54, 1.807) is 7.11 Å². The molecule has 0 saturated carbocycles. The van der Waals surface area contributed by atoms with Crippen molar-refractivity contribution in [2.24, 2.45) is 0 Å². The predicted octanol–water partition coefficient (Wildman–Crippen LogP) is 1.82. The first kappa shape index (κ1) is 15.6. The van der Waals surface area contributed by atoms with Gasteiger partial charge in [-0.05, 0) is 31.9 Å². The van der Waals surface area contributed by atoms with Gasteiger partial charge < -0.3 is 19.7 Å². The molecule has 0 bridgehead atoms. The van der Waals surface area contributed by atoms with Crippen LogP contribution in [0.4, 0.5) is 5.69 Å². The summed E-state index contributed by atoms with van der Waals surface area (Å²) < 4.78 is 10.4. The molecule has 1 fully saturated rings. The van der Waals surface area contributed by atoms with Gasteiger partial charge in [0, 0.05) is 37.5 Å². The van der Waals surface area contributed by atoms with Gasteiger partial charge in [-0.1, -0.05) is 6.07 Å². The third-order valence-corrected chi connectivity index (χ3v) is 3.64. The average Bonchev–Trinajstić information content (AvgIpc) is 2.53. The summed E-state index contributed by atoms with van der Waals surface area (Å²) in [4.78, 5) is 14.0. The van der Waals surface area contributed by atoms with Crippen molar-refractivity contribution in [2.45, 2.75) is 25.8 Å². The quantitative estimate of drug-likeness (QED) is 0.869. The summed E-state index contributed by atoms with van der Waals surface area (Å²) in [5.74, 6) is 0.823. The fraction of sp³-hybridized carbons (Fsp3) is 0.562. The van der Waals surface area contributed by atoms with E-state index < -0.39 is 0 Å². The van der Waals surface area contributed by atoms with E-state index in [9.17, 15) is 4.79 Å². The van der Waals surface area contributed by atoms with Gasteiger partial charge in [0.15, 0.2) is 0 Å². The summed E-state index contributed by atoms with van der Waals surface area (Å²) in [7, 11) is 1.67. The van der Waals surface area contributed by atoms with Crippen molar-refractivity contribution in [2.75, 3.05) is 38.3 Å². The molecule has 1 amide bonds. The van der Waals surface area contributed by atoms with Crippen LogP contribution in [0.15, 0.2) is 24.3 Å². The number of hydrogen-bond acceptors (Lipinski definition) is 4. The van der Waals surface area contributed by atoms with E-state index in [0.717, 1.165) is 37.4 Å². The van der Waals surface area contributed by atoms with Gasteiger partial charge in [-0.15, -0.1) is 0 Å². The van der Waals surface area contributed by atoms with Crippen LogP contribution in [-0.2, 0) is 9.53 Å². The Hall–Kier alpha value is -1.75. The Morgan fingerprint density at radius 1 is 1.48 bits per heavy atom. The molecule has 0 aliphatic carbocycles. The maximum atomic E-state index is 11.7. The highest BCUT2D eigenvalue weighted by atomic mass is 16.5. The van der Waals surface area contributed by atoms with Crippen LogP contribution in [0.5, 0.6) is 5.75 Å². The van der Waals surface area contributed by atoms with Gasteiger partial charge in [0.1, 0.15) is 12.4 Å². The number of nitrogens with one attached hydrogen (secondary N) is 1. The van der Waals surface area contributed by atoms with Crippen LogP contribution in [-0.4, -0.2) is 45.4 Å². The number of ether oxygens (including phenoxy) is 2. The number of anilines is 1. The van der Waals surface area contributed by atoms with Crippen LogP contribution in [0.25, 0.3) is 0 Å². The summed E-state index contributed by atoms with van der Waals surface area (Å²) in [6.07, 6.45) is 2.08. The first-order chi connectivity index (χ1) is 10.2. The van der Waals surface area contributed by atoms with E-state index in [1.807, 2.05) is 25.1 Å². The maximum absolute atomic E-state index is 11.7. The number of rotatable bonds is 6. The van der Waals surface area contributed by atoms with Gasteiger partial charge in [0.25, 0.3) is 0 Å². The molecule has 116 valence electrons. The minimum absolute atomic E-state index is 0.0330. The number of nitrogens with zero attached hydrogens (tertiary/aromatic N) is 1. The molecular weight excluding hydrogens is 268 g/mol. The van der Waals surface area contributed by atoms with Crippen LogP contribution < -0.4 is 15.0 Å². The number of methoxy groups -OCH3 is 1. The third kappa shape index (κ3) is 4.63. The minimum Gasteiger partial charge on any atom is -0.497 e. The maximum Gasteiger partial charge on any atom is 0.246 e. The number of amides is 1. The molecule has 0 radical (unpaired) electrons. The molecule has 1 N–H and O–H groups in total. The normalized spacial score (nSPS) is 18.4. The Kier molecular flexibility index (Phi) is 5.87. The number of benzene rings is 1. The molecule has 1 unspecified atom stereocenters. The van der Waals surface area contributed by atoms with Crippen molar-refractivity contribution in [1.82, 2.24) is 5.32 Å². The van der Waals surface area contributed by atoms with Crippen molar-refractivity contribution in [3.05, 3.63) is 24.3 Å². The fourth-order valence-electron chi connectivity index (χ4n) is 2.60. The van der Waals surface area contributed by atoms with Gasteiger partial charge >= 0.3 is 0 Å². The molecule has 1 saturated heterocycles. The van der Waals surface area contributed by atoms with Crippen molar-refractivity contribution < 1.29 is 14.3 Å². The summed E-state index contributed by atoms with van der Waals surface area (Å²) >= 11 is 0. The lowest BCUT2D eigenvalue weighted by Gasteiger charge is -2.34. The Morgan fingerprint density at radius 2 is 2.33 bits per heavy atom. The largest absolute Gasteiger partial charge is 0.497 e. The average molecular weight is 292 g/mol. The molecule has 1 aliphatic rings. The molecule has 0 aromatic heterocycles. The second kappa shape index (κ2) is 7.88. The molecule has 5 nitrogen and oxygen atoms in total. The van der Waals surface area contributed by atoms with E-state index >= 15 is 0 Å². The molecule has 5 heteroatoms. The zero-order chi connectivity index (χ0) is 15.1. The fourth-order valence-corrected chi connectivity index (χ4v) is 2.60. The molecule has 1 atom stereocenters. The minimum atomic E-state index is -0.0330. The first-order valence-corrected chi connectivity index (χ1v) is 7.49. The summed E-state index contributed by atoms with van der Waals surface area (Å²) in [6, 6.07) is 8.22. The van der Waals surface area contributed by atoms with Crippen molar-refractivity contribution >= 4 is 11.6 Å². The van der Waals surface area contributed by atoms with E-state index in [1.165, 1.54) is 0 Å². The molecule has 2 rings (SSSR count). The van der Waals surface area contributed by atoms with Crippen molar-refractivity contribution in [1.29, 1.82) is 0 Å².